The lowest BCUT2D eigenvalue weighted by Gasteiger charge is -2.33. The molecule has 2 aliphatic carbocycles. The molecule has 4 fully saturated rings. The highest BCUT2D eigenvalue weighted by atomic mass is 16.4. The van der Waals surface area contributed by atoms with E-state index in [4.69, 9.17) is 0 Å². The van der Waals surface area contributed by atoms with E-state index in [-0.39, 0.29) is 30.3 Å². The number of amides is 4. The molecule has 2 aliphatic heterocycles. The molecule has 0 unspecified atom stereocenters. The molecule has 0 radical (unpaired) electrons. The Balaban J connectivity index is 1.52. The van der Waals surface area contributed by atoms with Crippen LogP contribution in [-0.4, -0.2) is 62.9 Å². The van der Waals surface area contributed by atoms with Crippen LogP contribution < -0.4 is 5.32 Å². The zero-order valence-electron chi connectivity index (χ0n) is 14.9. The van der Waals surface area contributed by atoms with Crippen molar-refractivity contribution in [2.24, 2.45) is 11.8 Å². The normalized spacial score (nSPS) is 36.9. The average molecular weight is 363 g/mol. The second kappa shape index (κ2) is 5.96. The minimum absolute atomic E-state index is 0.0899. The predicted octanol–water partition coefficient (Wildman–Crippen LogP) is 0.951. The highest BCUT2D eigenvalue weighted by Crippen LogP contribution is 2.43. The van der Waals surface area contributed by atoms with Crippen molar-refractivity contribution >= 4 is 23.8 Å². The molecule has 2 heterocycles. The van der Waals surface area contributed by atoms with Gasteiger partial charge in [0, 0.05) is 6.04 Å². The van der Waals surface area contributed by atoms with E-state index < -0.39 is 29.5 Å². The first-order valence-corrected chi connectivity index (χ1v) is 9.51. The van der Waals surface area contributed by atoms with E-state index in [2.05, 4.69) is 5.32 Å². The molecule has 2 saturated carbocycles. The lowest BCUT2D eigenvalue weighted by Crippen LogP contribution is -2.51. The Morgan fingerprint density at radius 1 is 1.19 bits per heavy atom. The van der Waals surface area contributed by atoms with Gasteiger partial charge in [-0.25, -0.2) is 9.59 Å². The van der Waals surface area contributed by atoms with Gasteiger partial charge in [0.05, 0.1) is 0 Å². The van der Waals surface area contributed by atoms with Gasteiger partial charge in [-0.15, -0.1) is 0 Å². The predicted molar refractivity (Wildman–Crippen MR) is 90.0 cm³/mol. The van der Waals surface area contributed by atoms with Gasteiger partial charge in [-0.2, -0.15) is 0 Å². The van der Waals surface area contributed by atoms with Crippen molar-refractivity contribution in [3.05, 3.63) is 0 Å². The number of nitrogens with zero attached hydrogens (tertiary/aromatic N) is 2. The number of rotatable bonds is 4. The van der Waals surface area contributed by atoms with E-state index in [1.165, 1.54) is 4.90 Å². The van der Waals surface area contributed by atoms with Gasteiger partial charge >= 0.3 is 12.0 Å². The molecular weight excluding hydrogens is 338 g/mol. The number of carboxylic acid groups (broad SMARTS) is 1. The topological polar surface area (TPSA) is 107 Å². The summed E-state index contributed by atoms with van der Waals surface area (Å²) in [7, 11) is 0. The van der Waals surface area contributed by atoms with Crippen LogP contribution in [0.2, 0.25) is 0 Å². The number of aliphatic carboxylic acids is 1. The minimum atomic E-state index is -1.01. The van der Waals surface area contributed by atoms with E-state index in [9.17, 15) is 24.3 Å². The van der Waals surface area contributed by atoms with Crippen LogP contribution in [0.5, 0.6) is 0 Å². The largest absolute Gasteiger partial charge is 0.480 e. The quantitative estimate of drug-likeness (QED) is 0.723. The van der Waals surface area contributed by atoms with Crippen molar-refractivity contribution in [2.45, 2.75) is 69.5 Å². The monoisotopic (exact) mass is 363 g/mol. The Bertz CT molecular complexity index is 676. The Morgan fingerprint density at radius 3 is 2.54 bits per heavy atom. The van der Waals surface area contributed by atoms with Gasteiger partial charge in [-0.1, -0.05) is 12.8 Å². The molecule has 8 nitrogen and oxygen atoms in total. The van der Waals surface area contributed by atoms with Gasteiger partial charge in [0.25, 0.3) is 5.91 Å². The third-order valence-corrected chi connectivity index (χ3v) is 6.65. The summed E-state index contributed by atoms with van der Waals surface area (Å²) in [5, 5.41) is 12.3. The van der Waals surface area contributed by atoms with Gasteiger partial charge in [0.1, 0.15) is 18.1 Å². The summed E-state index contributed by atoms with van der Waals surface area (Å²) in [5.41, 5.74) is -0.929. The Kier molecular flexibility index (Phi) is 3.96. The Labute approximate surface area is 151 Å². The molecule has 142 valence electrons. The first-order chi connectivity index (χ1) is 12.3. The molecule has 4 rings (SSSR count). The molecule has 0 aromatic rings. The van der Waals surface area contributed by atoms with Crippen molar-refractivity contribution in [2.75, 3.05) is 6.54 Å². The highest BCUT2D eigenvalue weighted by molar-refractivity contribution is 6.09. The number of hydrogen-bond donors (Lipinski definition) is 2. The van der Waals surface area contributed by atoms with Crippen molar-refractivity contribution in [1.29, 1.82) is 0 Å². The first-order valence-electron chi connectivity index (χ1n) is 9.51. The van der Waals surface area contributed by atoms with Crippen molar-refractivity contribution in [1.82, 2.24) is 15.1 Å². The van der Waals surface area contributed by atoms with Crippen LogP contribution >= 0.6 is 0 Å². The van der Waals surface area contributed by atoms with Gasteiger partial charge in [0.2, 0.25) is 5.91 Å². The lowest BCUT2D eigenvalue weighted by atomic mass is 9.85. The number of carbonyl (C=O) groups is 4. The number of likely N-dealkylation sites (tertiary alicyclic amines) is 1. The lowest BCUT2D eigenvalue weighted by molar-refractivity contribution is -0.150. The number of fused-ring (bicyclic) bond motifs is 1. The van der Waals surface area contributed by atoms with Gasteiger partial charge in [-0.05, 0) is 50.9 Å². The second-order valence-electron chi connectivity index (χ2n) is 8.30. The summed E-state index contributed by atoms with van der Waals surface area (Å²) in [5.74, 6) is -1.48. The molecule has 4 aliphatic rings. The number of hydrogen-bond acceptors (Lipinski definition) is 4. The molecule has 0 aromatic heterocycles. The molecule has 2 saturated heterocycles. The summed E-state index contributed by atoms with van der Waals surface area (Å²) in [4.78, 5) is 52.0. The third kappa shape index (κ3) is 2.57. The zero-order valence-corrected chi connectivity index (χ0v) is 14.9. The maximum absolute atomic E-state index is 12.9. The zero-order chi connectivity index (χ0) is 18.6. The Morgan fingerprint density at radius 2 is 1.88 bits per heavy atom. The van der Waals surface area contributed by atoms with E-state index >= 15 is 0 Å². The van der Waals surface area contributed by atoms with Gasteiger partial charge in [-0.3, -0.25) is 14.5 Å². The van der Waals surface area contributed by atoms with Crippen LogP contribution in [0.25, 0.3) is 0 Å². The standard InChI is InChI=1S/C18H25N3O5/c1-18(11-6-7-11)16(25)20(17(26)19-18)9-14(22)21-12-5-3-2-4-10(12)8-13(21)15(23)24/h10-13H,2-9H2,1H3,(H,19,26)(H,23,24)/t10-,12-,13+,18-/m1/s1. The van der Waals surface area contributed by atoms with Gasteiger partial charge in [0.15, 0.2) is 0 Å². The molecular formula is C18H25N3O5. The van der Waals surface area contributed by atoms with Crippen molar-refractivity contribution in [3.63, 3.8) is 0 Å². The maximum atomic E-state index is 12.9. The van der Waals surface area contributed by atoms with E-state index in [1.54, 1.807) is 6.92 Å². The number of carbonyl (C=O) groups excluding carboxylic acids is 3. The average Bonchev–Trinajstić information content (AvgIpc) is 3.34. The van der Waals surface area contributed by atoms with E-state index in [0.29, 0.717) is 6.42 Å². The highest BCUT2D eigenvalue weighted by Gasteiger charge is 2.57. The van der Waals surface area contributed by atoms with E-state index in [0.717, 1.165) is 43.4 Å². The SMILES string of the molecule is C[C@]1(C2CC2)NC(=O)N(CC(=O)N2[C@@H]3CCCC[C@@H]3C[C@H]2C(=O)O)C1=O. The fourth-order valence-corrected chi connectivity index (χ4v) is 5.05. The van der Waals surface area contributed by atoms with Crippen LogP contribution in [0, 0.1) is 11.8 Å². The summed E-state index contributed by atoms with van der Waals surface area (Å²) in [6.45, 7) is 1.34. The molecule has 4 atom stereocenters. The molecule has 4 amide bonds. The number of urea groups is 1. The summed E-state index contributed by atoms with van der Waals surface area (Å²) < 4.78 is 0. The fraction of sp³-hybridized carbons (Fsp3) is 0.778. The third-order valence-electron chi connectivity index (χ3n) is 6.65. The minimum Gasteiger partial charge on any atom is -0.480 e. The smallest absolute Gasteiger partial charge is 0.326 e. The summed E-state index contributed by atoms with van der Waals surface area (Å²) >= 11 is 0. The van der Waals surface area contributed by atoms with Crippen LogP contribution in [0.15, 0.2) is 0 Å². The molecule has 0 spiro atoms. The maximum Gasteiger partial charge on any atom is 0.326 e. The number of imide groups is 1. The molecule has 26 heavy (non-hydrogen) atoms. The number of carboxylic acids is 1. The molecule has 8 heteroatoms. The molecule has 0 bridgehead atoms. The van der Waals surface area contributed by atoms with Crippen LogP contribution in [0.3, 0.4) is 0 Å². The molecule has 0 aromatic carbocycles. The molecule has 2 N–H and O–H groups in total. The van der Waals surface area contributed by atoms with Crippen LogP contribution in [0.4, 0.5) is 4.79 Å². The second-order valence-corrected chi connectivity index (χ2v) is 8.30. The van der Waals surface area contributed by atoms with Crippen molar-refractivity contribution in [3.8, 4) is 0 Å². The fourth-order valence-electron chi connectivity index (χ4n) is 5.05. The Hall–Kier alpha value is -2.12. The van der Waals surface area contributed by atoms with Crippen molar-refractivity contribution < 1.29 is 24.3 Å². The van der Waals surface area contributed by atoms with Gasteiger partial charge < -0.3 is 15.3 Å². The van der Waals surface area contributed by atoms with Crippen LogP contribution in [-0.2, 0) is 14.4 Å². The first kappa shape index (κ1) is 17.3. The number of nitrogens with one attached hydrogen (secondary N) is 1. The summed E-state index contributed by atoms with van der Waals surface area (Å²) in [6, 6.07) is -1.50. The van der Waals surface area contributed by atoms with E-state index in [1.807, 2.05) is 0 Å². The summed E-state index contributed by atoms with van der Waals surface area (Å²) in [6.07, 6.45) is 6.00. The van der Waals surface area contributed by atoms with Crippen LogP contribution in [0.1, 0.15) is 51.9 Å².